The van der Waals surface area contributed by atoms with E-state index in [1.54, 1.807) is 0 Å². The normalized spacial score (nSPS) is 19.9. The molecule has 0 radical (unpaired) electrons. The highest BCUT2D eigenvalue weighted by Gasteiger charge is 2.30. The summed E-state index contributed by atoms with van der Waals surface area (Å²) in [7, 11) is 0. The van der Waals surface area contributed by atoms with Gasteiger partial charge >= 0.3 is 0 Å². The third kappa shape index (κ3) is 5.86. The van der Waals surface area contributed by atoms with Gasteiger partial charge in [-0.2, -0.15) is 0 Å². The first-order valence-corrected chi connectivity index (χ1v) is 6.61. The Hall–Kier alpha value is -0.0800. The minimum absolute atomic E-state index is 0.211. The van der Waals surface area contributed by atoms with Crippen LogP contribution in [0.25, 0.3) is 0 Å². The Bertz CT molecular complexity index is 154. The second kappa shape index (κ2) is 7.29. The molecular weight excluding hydrogens is 200 g/mol. The minimum Gasteiger partial charge on any atom is -0.393 e. The van der Waals surface area contributed by atoms with E-state index in [9.17, 15) is 10.2 Å². The summed E-state index contributed by atoms with van der Waals surface area (Å²) in [5, 5.41) is 19.8. The van der Waals surface area contributed by atoms with Crippen LogP contribution < -0.4 is 0 Å². The Morgan fingerprint density at radius 2 is 0.875 bits per heavy atom. The van der Waals surface area contributed by atoms with Gasteiger partial charge in [0.1, 0.15) is 0 Å². The summed E-state index contributed by atoms with van der Waals surface area (Å²) in [5.41, 5.74) is 0. The van der Waals surface area contributed by atoms with Crippen LogP contribution in [0.5, 0.6) is 0 Å². The van der Waals surface area contributed by atoms with E-state index in [4.69, 9.17) is 0 Å². The summed E-state index contributed by atoms with van der Waals surface area (Å²) in [4.78, 5) is 0. The third-order valence-corrected chi connectivity index (χ3v) is 3.28. The SMILES string of the molecule is CC(C)CC(C(C)O)C(CC(C)C)C(C)O. The Morgan fingerprint density at radius 1 is 0.625 bits per heavy atom. The van der Waals surface area contributed by atoms with E-state index in [-0.39, 0.29) is 24.0 Å². The molecule has 2 nitrogen and oxygen atoms in total. The van der Waals surface area contributed by atoms with Gasteiger partial charge in [-0.1, -0.05) is 27.7 Å². The van der Waals surface area contributed by atoms with Crippen LogP contribution >= 0.6 is 0 Å². The van der Waals surface area contributed by atoms with E-state index in [1.165, 1.54) is 0 Å². The van der Waals surface area contributed by atoms with Gasteiger partial charge in [-0.3, -0.25) is 0 Å². The fourth-order valence-electron chi connectivity index (χ4n) is 2.55. The van der Waals surface area contributed by atoms with Crippen molar-refractivity contribution < 1.29 is 10.2 Å². The summed E-state index contributed by atoms with van der Waals surface area (Å²) in [6.45, 7) is 12.4. The van der Waals surface area contributed by atoms with Gasteiger partial charge < -0.3 is 10.2 Å². The van der Waals surface area contributed by atoms with Crippen LogP contribution in [0.4, 0.5) is 0 Å². The summed E-state index contributed by atoms with van der Waals surface area (Å²) in [6, 6.07) is 0. The van der Waals surface area contributed by atoms with Gasteiger partial charge in [0.25, 0.3) is 0 Å². The second-order valence-corrected chi connectivity index (χ2v) is 6.07. The van der Waals surface area contributed by atoms with E-state index < -0.39 is 0 Å². The molecule has 0 fully saturated rings. The van der Waals surface area contributed by atoms with Crippen LogP contribution in [-0.2, 0) is 0 Å². The molecule has 0 amide bonds. The van der Waals surface area contributed by atoms with Crippen molar-refractivity contribution in [3.8, 4) is 0 Å². The van der Waals surface area contributed by atoms with E-state index in [1.807, 2.05) is 13.8 Å². The van der Waals surface area contributed by atoms with Crippen molar-refractivity contribution in [2.24, 2.45) is 23.7 Å². The van der Waals surface area contributed by atoms with Gasteiger partial charge in [-0.15, -0.1) is 0 Å². The van der Waals surface area contributed by atoms with Crippen molar-refractivity contribution in [3.05, 3.63) is 0 Å². The maximum atomic E-state index is 9.88. The molecule has 0 heterocycles. The Labute approximate surface area is 101 Å². The fourth-order valence-corrected chi connectivity index (χ4v) is 2.55. The van der Waals surface area contributed by atoms with Crippen LogP contribution in [0.2, 0.25) is 0 Å². The maximum absolute atomic E-state index is 9.88. The minimum atomic E-state index is -0.333. The molecule has 0 saturated heterocycles. The first-order valence-electron chi connectivity index (χ1n) is 6.61. The number of aliphatic hydroxyl groups excluding tert-OH is 2. The quantitative estimate of drug-likeness (QED) is 0.705. The van der Waals surface area contributed by atoms with Crippen molar-refractivity contribution in [1.82, 2.24) is 0 Å². The smallest absolute Gasteiger partial charge is 0.0543 e. The van der Waals surface area contributed by atoms with Crippen LogP contribution in [0, 0.1) is 23.7 Å². The number of aliphatic hydroxyl groups is 2. The van der Waals surface area contributed by atoms with E-state index >= 15 is 0 Å². The lowest BCUT2D eigenvalue weighted by Gasteiger charge is -2.33. The predicted octanol–water partition coefficient (Wildman–Crippen LogP) is 3.07. The summed E-state index contributed by atoms with van der Waals surface area (Å²) in [5.74, 6) is 1.55. The van der Waals surface area contributed by atoms with Crippen LogP contribution in [0.15, 0.2) is 0 Å². The molecule has 2 heteroatoms. The topological polar surface area (TPSA) is 40.5 Å². The molecule has 0 aliphatic rings. The molecule has 0 aromatic carbocycles. The monoisotopic (exact) mass is 230 g/mol. The van der Waals surface area contributed by atoms with Crippen LogP contribution in [0.3, 0.4) is 0 Å². The molecule has 2 N–H and O–H groups in total. The van der Waals surface area contributed by atoms with Gasteiger partial charge in [-0.05, 0) is 50.4 Å². The average molecular weight is 230 g/mol. The number of hydrogen-bond donors (Lipinski definition) is 2. The van der Waals surface area contributed by atoms with Gasteiger partial charge in [0.2, 0.25) is 0 Å². The fraction of sp³-hybridized carbons (Fsp3) is 1.00. The molecule has 0 aromatic heterocycles. The van der Waals surface area contributed by atoms with Crippen molar-refractivity contribution in [2.45, 2.75) is 66.6 Å². The molecular formula is C14H30O2. The zero-order valence-electron chi connectivity index (χ0n) is 11.8. The summed E-state index contributed by atoms with van der Waals surface area (Å²) < 4.78 is 0. The van der Waals surface area contributed by atoms with E-state index in [2.05, 4.69) is 27.7 Å². The van der Waals surface area contributed by atoms with Crippen molar-refractivity contribution in [2.75, 3.05) is 0 Å². The van der Waals surface area contributed by atoms with E-state index in [0.717, 1.165) is 12.8 Å². The zero-order valence-corrected chi connectivity index (χ0v) is 11.8. The van der Waals surface area contributed by atoms with Crippen LogP contribution in [0.1, 0.15) is 54.4 Å². The van der Waals surface area contributed by atoms with Crippen molar-refractivity contribution in [3.63, 3.8) is 0 Å². The third-order valence-electron chi connectivity index (χ3n) is 3.28. The number of rotatable bonds is 7. The molecule has 0 saturated carbocycles. The van der Waals surface area contributed by atoms with Gasteiger partial charge in [0, 0.05) is 0 Å². The molecule has 0 aromatic rings. The predicted molar refractivity (Wildman–Crippen MR) is 69.3 cm³/mol. The molecule has 0 aliphatic carbocycles. The van der Waals surface area contributed by atoms with Gasteiger partial charge in [-0.25, -0.2) is 0 Å². The first kappa shape index (κ1) is 15.9. The zero-order chi connectivity index (χ0) is 12.9. The second-order valence-electron chi connectivity index (χ2n) is 6.07. The number of hydrogen-bond acceptors (Lipinski definition) is 2. The summed E-state index contributed by atoms with van der Waals surface area (Å²) in [6.07, 6.45) is 1.31. The van der Waals surface area contributed by atoms with Crippen LogP contribution in [-0.4, -0.2) is 22.4 Å². The molecule has 0 bridgehead atoms. The lowest BCUT2D eigenvalue weighted by atomic mass is 9.75. The van der Waals surface area contributed by atoms with E-state index in [0.29, 0.717) is 11.8 Å². The largest absolute Gasteiger partial charge is 0.393 e. The van der Waals surface area contributed by atoms with Crippen molar-refractivity contribution >= 4 is 0 Å². The molecule has 98 valence electrons. The molecule has 16 heavy (non-hydrogen) atoms. The van der Waals surface area contributed by atoms with Gasteiger partial charge in [0.05, 0.1) is 12.2 Å². The maximum Gasteiger partial charge on any atom is 0.0543 e. The lowest BCUT2D eigenvalue weighted by Crippen LogP contribution is -2.34. The molecule has 0 aliphatic heterocycles. The standard InChI is InChI=1S/C14H30O2/c1-9(2)7-13(11(5)15)14(12(6)16)8-10(3)4/h9-16H,7-8H2,1-6H3. The molecule has 0 rings (SSSR count). The molecule has 0 spiro atoms. The highest BCUT2D eigenvalue weighted by molar-refractivity contribution is 4.80. The lowest BCUT2D eigenvalue weighted by molar-refractivity contribution is 0.00361. The molecule has 4 unspecified atom stereocenters. The Kier molecular flexibility index (Phi) is 7.25. The highest BCUT2D eigenvalue weighted by Crippen LogP contribution is 2.31. The van der Waals surface area contributed by atoms with Gasteiger partial charge in [0.15, 0.2) is 0 Å². The summed E-state index contributed by atoms with van der Waals surface area (Å²) >= 11 is 0. The highest BCUT2D eigenvalue weighted by atomic mass is 16.3. The Morgan fingerprint density at radius 3 is 1.00 bits per heavy atom. The average Bonchev–Trinajstić information content (AvgIpc) is 2.09. The molecule has 4 atom stereocenters. The Balaban J connectivity index is 4.66. The first-order chi connectivity index (χ1) is 7.25. The van der Waals surface area contributed by atoms with Crippen molar-refractivity contribution in [1.29, 1.82) is 0 Å².